The summed E-state index contributed by atoms with van der Waals surface area (Å²) in [6, 6.07) is 8.53. The van der Waals surface area contributed by atoms with Crippen molar-refractivity contribution in [3.8, 4) is 11.4 Å². The van der Waals surface area contributed by atoms with E-state index in [0.29, 0.717) is 24.9 Å². The summed E-state index contributed by atoms with van der Waals surface area (Å²) in [4.78, 5) is 18.7. The van der Waals surface area contributed by atoms with Gasteiger partial charge in [0.2, 0.25) is 5.82 Å². The summed E-state index contributed by atoms with van der Waals surface area (Å²) in [5.41, 5.74) is 1.66. The van der Waals surface area contributed by atoms with Crippen LogP contribution in [0, 0.1) is 12.8 Å². The van der Waals surface area contributed by atoms with Gasteiger partial charge in [0, 0.05) is 18.7 Å². The first-order valence-electron chi connectivity index (χ1n) is 8.70. The van der Waals surface area contributed by atoms with Gasteiger partial charge in [0.15, 0.2) is 0 Å². The highest BCUT2D eigenvalue weighted by Crippen LogP contribution is 2.26. The molecule has 1 saturated heterocycles. The molecule has 0 bridgehead atoms. The number of nitrogens with zero attached hydrogens (tertiary/aromatic N) is 3. The highest BCUT2D eigenvalue weighted by atomic mass is 16.6. The average Bonchev–Trinajstić information content (AvgIpc) is 3.03. The maximum absolute atomic E-state index is 12.2. The second kappa shape index (κ2) is 6.86. The fourth-order valence-electron chi connectivity index (χ4n) is 2.94. The number of carbonyl (C=O) groups is 1. The number of hydrogen-bond donors (Lipinski definition) is 0. The molecule has 0 N–H and O–H groups in total. The Morgan fingerprint density at radius 3 is 2.64 bits per heavy atom. The van der Waals surface area contributed by atoms with Crippen LogP contribution < -0.4 is 4.90 Å². The molecule has 1 aromatic heterocycles. The number of aryl methyl sites for hydroxylation is 1. The smallest absolute Gasteiger partial charge is 0.324 e. The number of benzene rings is 1. The lowest BCUT2D eigenvalue weighted by Gasteiger charge is -2.31. The standard InChI is InChI=1S/C19H25N3O3/c1-13-6-5-7-15(12-13)16-20-18(25-21-16)22-10-8-14(9-11-22)17(23)24-19(2,3)4/h5-7,12,14H,8-11H2,1-4H3. The van der Waals surface area contributed by atoms with Gasteiger partial charge < -0.3 is 14.2 Å². The summed E-state index contributed by atoms with van der Waals surface area (Å²) >= 11 is 0. The van der Waals surface area contributed by atoms with Crippen molar-refractivity contribution >= 4 is 12.0 Å². The molecule has 0 aliphatic carbocycles. The van der Waals surface area contributed by atoms with Gasteiger partial charge in [-0.15, -0.1) is 0 Å². The molecule has 25 heavy (non-hydrogen) atoms. The molecule has 2 aromatic rings. The minimum atomic E-state index is -0.441. The van der Waals surface area contributed by atoms with E-state index in [1.54, 1.807) is 0 Å². The quantitative estimate of drug-likeness (QED) is 0.793. The van der Waals surface area contributed by atoms with Gasteiger partial charge >= 0.3 is 12.0 Å². The van der Waals surface area contributed by atoms with E-state index in [-0.39, 0.29) is 11.9 Å². The Hall–Kier alpha value is -2.37. The van der Waals surface area contributed by atoms with Crippen molar-refractivity contribution in [2.75, 3.05) is 18.0 Å². The van der Waals surface area contributed by atoms with Gasteiger partial charge in [-0.3, -0.25) is 4.79 Å². The third-order valence-corrected chi connectivity index (χ3v) is 4.20. The maximum atomic E-state index is 12.2. The number of rotatable bonds is 3. The largest absolute Gasteiger partial charge is 0.460 e. The predicted octanol–water partition coefficient (Wildman–Crippen LogP) is 3.60. The van der Waals surface area contributed by atoms with Gasteiger partial charge in [-0.05, 0) is 46.6 Å². The summed E-state index contributed by atoms with van der Waals surface area (Å²) in [6.45, 7) is 9.13. The highest BCUT2D eigenvalue weighted by molar-refractivity contribution is 5.73. The van der Waals surface area contributed by atoms with Gasteiger partial charge in [-0.1, -0.05) is 28.9 Å². The second-order valence-corrected chi connectivity index (χ2v) is 7.56. The van der Waals surface area contributed by atoms with Crippen LogP contribution in [0.5, 0.6) is 0 Å². The van der Waals surface area contributed by atoms with E-state index in [9.17, 15) is 4.79 Å². The van der Waals surface area contributed by atoms with Crippen molar-refractivity contribution in [2.24, 2.45) is 5.92 Å². The lowest BCUT2D eigenvalue weighted by atomic mass is 9.97. The molecule has 2 heterocycles. The third-order valence-electron chi connectivity index (χ3n) is 4.20. The van der Waals surface area contributed by atoms with Gasteiger partial charge in [-0.25, -0.2) is 0 Å². The van der Waals surface area contributed by atoms with Crippen LogP contribution in [0.25, 0.3) is 11.4 Å². The van der Waals surface area contributed by atoms with Crippen LogP contribution in [0.1, 0.15) is 39.2 Å². The Kier molecular flexibility index (Phi) is 4.79. The van der Waals surface area contributed by atoms with Crippen LogP contribution in [-0.2, 0) is 9.53 Å². The number of anilines is 1. The molecule has 0 saturated carbocycles. The monoisotopic (exact) mass is 343 g/mol. The Balaban J connectivity index is 1.61. The molecule has 0 spiro atoms. The zero-order chi connectivity index (χ0) is 18.0. The van der Waals surface area contributed by atoms with Gasteiger partial charge in [-0.2, -0.15) is 4.98 Å². The van der Waals surface area contributed by atoms with Crippen molar-refractivity contribution in [1.29, 1.82) is 0 Å². The summed E-state index contributed by atoms with van der Waals surface area (Å²) < 4.78 is 10.9. The molecule has 0 atom stereocenters. The maximum Gasteiger partial charge on any atom is 0.324 e. The van der Waals surface area contributed by atoms with Crippen LogP contribution >= 0.6 is 0 Å². The molecule has 0 amide bonds. The number of aromatic nitrogens is 2. The minimum absolute atomic E-state index is 0.0605. The summed E-state index contributed by atoms with van der Waals surface area (Å²) in [6.07, 6.45) is 1.47. The van der Waals surface area contributed by atoms with E-state index in [0.717, 1.165) is 24.0 Å². The molecule has 1 aliphatic rings. The lowest BCUT2D eigenvalue weighted by Crippen LogP contribution is -2.39. The van der Waals surface area contributed by atoms with Crippen molar-refractivity contribution < 1.29 is 14.1 Å². The first-order valence-corrected chi connectivity index (χ1v) is 8.70. The van der Waals surface area contributed by atoms with E-state index < -0.39 is 5.60 Å². The predicted molar refractivity (Wildman–Crippen MR) is 95.3 cm³/mol. The zero-order valence-corrected chi connectivity index (χ0v) is 15.3. The topological polar surface area (TPSA) is 68.5 Å². The van der Waals surface area contributed by atoms with Crippen molar-refractivity contribution in [3.63, 3.8) is 0 Å². The fourth-order valence-corrected chi connectivity index (χ4v) is 2.94. The van der Waals surface area contributed by atoms with Crippen LogP contribution in [0.15, 0.2) is 28.8 Å². The number of carbonyl (C=O) groups excluding carboxylic acids is 1. The molecule has 1 aromatic carbocycles. The van der Waals surface area contributed by atoms with Gasteiger partial charge in [0.25, 0.3) is 0 Å². The molecule has 134 valence electrons. The number of esters is 1. The van der Waals surface area contributed by atoms with Gasteiger partial charge in [0.05, 0.1) is 5.92 Å². The first kappa shape index (κ1) is 17.5. The Labute approximate surface area is 148 Å². The zero-order valence-electron chi connectivity index (χ0n) is 15.3. The number of piperidine rings is 1. The molecule has 6 nitrogen and oxygen atoms in total. The molecular formula is C19H25N3O3. The van der Waals surface area contributed by atoms with E-state index in [1.807, 2.05) is 56.9 Å². The van der Waals surface area contributed by atoms with Crippen molar-refractivity contribution in [1.82, 2.24) is 10.1 Å². The number of hydrogen-bond acceptors (Lipinski definition) is 6. The van der Waals surface area contributed by atoms with Crippen LogP contribution in [0.4, 0.5) is 6.01 Å². The molecule has 1 aliphatic heterocycles. The average molecular weight is 343 g/mol. The third kappa shape index (κ3) is 4.38. The van der Waals surface area contributed by atoms with Gasteiger partial charge in [0.1, 0.15) is 5.60 Å². The Bertz CT molecular complexity index is 740. The van der Waals surface area contributed by atoms with Crippen LogP contribution in [-0.4, -0.2) is 34.8 Å². The molecule has 1 fully saturated rings. The molecule has 0 radical (unpaired) electrons. The van der Waals surface area contributed by atoms with E-state index >= 15 is 0 Å². The molecular weight excluding hydrogens is 318 g/mol. The molecule has 0 unspecified atom stereocenters. The summed E-state index contributed by atoms with van der Waals surface area (Å²) in [5.74, 6) is 0.417. The van der Waals surface area contributed by atoms with Crippen LogP contribution in [0.3, 0.4) is 0 Å². The molecule has 3 rings (SSSR count). The SMILES string of the molecule is Cc1cccc(-c2noc(N3CCC(C(=O)OC(C)(C)C)CC3)n2)c1. The van der Waals surface area contributed by atoms with E-state index in [1.165, 1.54) is 0 Å². The Morgan fingerprint density at radius 1 is 1.28 bits per heavy atom. The van der Waals surface area contributed by atoms with E-state index in [2.05, 4.69) is 10.1 Å². The van der Waals surface area contributed by atoms with Crippen molar-refractivity contribution in [2.45, 2.75) is 46.1 Å². The second-order valence-electron chi connectivity index (χ2n) is 7.56. The molecule has 6 heteroatoms. The minimum Gasteiger partial charge on any atom is -0.460 e. The fraction of sp³-hybridized carbons (Fsp3) is 0.526. The summed E-state index contributed by atoms with van der Waals surface area (Å²) in [7, 11) is 0. The van der Waals surface area contributed by atoms with Crippen molar-refractivity contribution in [3.05, 3.63) is 29.8 Å². The Morgan fingerprint density at radius 2 is 2.00 bits per heavy atom. The lowest BCUT2D eigenvalue weighted by molar-refractivity contribution is -0.160. The summed E-state index contributed by atoms with van der Waals surface area (Å²) in [5, 5.41) is 4.09. The number of ether oxygens (including phenoxy) is 1. The van der Waals surface area contributed by atoms with E-state index in [4.69, 9.17) is 9.26 Å². The first-order chi connectivity index (χ1) is 11.8. The van der Waals surface area contributed by atoms with Crippen LogP contribution in [0.2, 0.25) is 0 Å². The highest BCUT2D eigenvalue weighted by Gasteiger charge is 2.30. The normalized spacial score (nSPS) is 16.1.